The molecule has 3 aromatic heterocycles. The molecule has 0 radical (unpaired) electrons. The maximum Gasteiger partial charge on any atom is 0.191 e. The highest BCUT2D eigenvalue weighted by molar-refractivity contribution is 9.10. The summed E-state index contributed by atoms with van der Waals surface area (Å²) in [6, 6.07) is 12.0. The van der Waals surface area contributed by atoms with Crippen LogP contribution in [-0.4, -0.2) is 22.4 Å². The van der Waals surface area contributed by atoms with Crippen molar-refractivity contribution >= 4 is 38.5 Å². The van der Waals surface area contributed by atoms with E-state index >= 15 is 0 Å². The second kappa shape index (κ2) is 7.44. The van der Waals surface area contributed by atoms with Gasteiger partial charge in [-0.25, -0.2) is 4.98 Å². The minimum atomic E-state index is 0.568. The highest BCUT2D eigenvalue weighted by Gasteiger charge is 2.10. The zero-order valence-electron chi connectivity index (χ0n) is 15.2. The van der Waals surface area contributed by atoms with Crippen LogP contribution in [-0.2, 0) is 13.1 Å². The molecule has 0 amide bonds. The standard InChI is InChI=1S/C20H20BrN5O/c1-13-16-5-3-4-6-17(16)27-18(13)10-24-20(22-2)23-9-15-12-26-11-14(21)7-8-19(26)25-15/h3-8,11-12H,9-10H2,1-2H3,(H2,22,23,24). The Kier molecular flexibility index (Phi) is 4.85. The van der Waals surface area contributed by atoms with Gasteiger partial charge in [0.25, 0.3) is 0 Å². The average Bonchev–Trinajstić information content (AvgIpc) is 3.22. The number of aliphatic imine (C=N–C) groups is 1. The zero-order chi connectivity index (χ0) is 18.8. The van der Waals surface area contributed by atoms with Gasteiger partial charge in [0.15, 0.2) is 5.96 Å². The summed E-state index contributed by atoms with van der Waals surface area (Å²) < 4.78 is 8.96. The van der Waals surface area contributed by atoms with Gasteiger partial charge in [0.05, 0.1) is 18.8 Å². The lowest BCUT2D eigenvalue weighted by atomic mass is 10.1. The summed E-state index contributed by atoms with van der Waals surface area (Å²) in [5.41, 5.74) is 3.91. The van der Waals surface area contributed by atoms with E-state index in [1.54, 1.807) is 7.05 Å². The fourth-order valence-electron chi connectivity index (χ4n) is 3.05. The van der Waals surface area contributed by atoms with Crippen LogP contribution in [0.4, 0.5) is 0 Å². The van der Waals surface area contributed by atoms with E-state index in [1.165, 1.54) is 0 Å². The predicted molar refractivity (Wildman–Crippen MR) is 111 cm³/mol. The predicted octanol–water partition coefficient (Wildman–Crippen LogP) is 4.02. The third-order valence-electron chi connectivity index (χ3n) is 4.48. The van der Waals surface area contributed by atoms with Gasteiger partial charge in [-0.15, -0.1) is 0 Å². The molecule has 6 nitrogen and oxygen atoms in total. The van der Waals surface area contributed by atoms with E-state index in [1.807, 2.05) is 47.1 Å². The van der Waals surface area contributed by atoms with Crippen molar-refractivity contribution in [2.24, 2.45) is 4.99 Å². The van der Waals surface area contributed by atoms with Crippen LogP contribution in [0.25, 0.3) is 16.6 Å². The van der Waals surface area contributed by atoms with Gasteiger partial charge < -0.3 is 19.5 Å². The molecule has 7 heteroatoms. The molecule has 0 unspecified atom stereocenters. The van der Waals surface area contributed by atoms with E-state index in [0.29, 0.717) is 19.0 Å². The minimum absolute atomic E-state index is 0.568. The molecular weight excluding hydrogens is 406 g/mol. The summed E-state index contributed by atoms with van der Waals surface area (Å²) in [5, 5.41) is 7.74. The van der Waals surface area contributed by atoms with Gasteiger partial charge in [-0.3, -0.25) is 4.99 Å². The Hall–Kier alpha value is -2.80. The number of para-hydroxylation sites is 1. The second-order valence-electron chi connectivity index (χ2n) is 6.27. The molecule has 4 aromatic rings. The van der Waals surface area contributed by atoms with Gasteiger partial charge in [-0.2, -0.15) is 0 Å². The van der Waals surface area contributed by atoms with Crippen LogP contribution in [0.15, 0.2) is 62.7 Å². The number of pyridine rings is 1. The first-order valence-corrected chi connectivity index (χ1v) is 9.48. The summed E-state index contributed by atoms with van der Waals surface area (Å²) in [5.74, 6) is 1.62. The third kappa shape index (κ3) is 3.68. The quantitative estimate of drug-likeness (QED) is 0.382. The number of aromatic nitrogens is 2. The molecule has 0 fully saturated rings. The van der Waals surface area contributed by atoms with Crippen LogP contribution in [0.5, 0.6) is 0 Å². The number of imidazole rings is 1. The number of guanidine groups is 1. The van der Waals surface area contributed by atoms with Crippen molar-refractivity contribution < 1.29 is 4.42 Å². The summed E-state index contributed by atoms with van der Waals surface area (Å²) in [7, 11) is 1.75. The number of fused-ring (bicyclic) bond motifs is 2. The van der Waals surface area contributed by atoms with Gasteiger partial charge in [0, 0.05) is 34.9 Å². The van der Waals surface area contributed by atoms with Crippen LogP contribution >= 0.6 is 15.9 Å². The Balaban J connectivity index is 1.40. The van der Waals surface area contributed by atoms with Gasteiger partial charge in [-0.05, 0) is 41.1 Å². The SMILES string of the molecule is CN=C(NCc1cn2cc(Br)ccc2n1)NCc1oc2ccccc2c1C. The van der Waals surface area contributed by atoms with E-state index in [2.05, 4.69) is 49.5 Å². The first kappa shape index (κ1) is 17.6. The summed E-state index contributed by atoms with van der Waals surface area (Å²) in [6.45, 7) is 3.23. The molecule has 138 valence electrons. The fourth-order valence-corrected chi connectivity index (χ4v) is 3.41. The lowest BCUT2D eigenvalue weighted by Crippen LogP contribution is -2.36. The molecule has 0 aliphatic carbocycles. The number of furan rings is 1. The number of aryl methyl sites for hydroxylation is 1. The average molecular weight is 426 g/mol. The van der Waals surface area contributed by atoms with Crippen molar-refractivity contribution in [1.29, 1.82) is 0 Å². The summed E-state index contributed by atoms with van der Waals surface area (Å²) in [6.07, 6.45) is 3.99. The van der Waals surface area contributed by atoms with Crippen molar-refractivity contribution in [3.05, 3.63) is 70.3 Å². The van der Waals surface area contributed by atoms with E-state index < -0.39 is 0 Å². The first-order valence-electron chi connectivity index (χ1n) is 8.68. The summed E-state index contributed by atoms with van der Waals surface area (Å²) >= 11 is 3.47. The molecule has 0 aliphatic heterocycles. The Labute approximate surface area is 165 Å². The number of nitrogens with one attached hydrogen (secondary N) is 2. The Morgan fingerprint density at radius 1 is 1.15 bits per heavy atom. The Bertz CT molecular complexity index is 1130. The van der Waals surface area contributed by atoms with E-state index in [-0.39, 0.29) is 0 Å². The molecule has 27 heavy (non-hydrogen) atoms. The van der Waals surface area contributed by atoms with Crippen LogP contribution in [0.1, 0.15) is 17.0 Å². The van der Waals surface area contributed by atoms with Gasteiger partial charge in [0.1, 0.15) is 17.0 Å². The van der Waals surface area contributed by atoms with Crippen LogP contribution in [0, 0.1) is 6.92 Å². The smallest absolute Gasteiger partial charge is 0.191 e. The topological polar surface area (TPSA) is 66.9 Å². The Morgan fingerprint density at radius 3 is 2.78 bits per heavy atom. The van der Waals surface area contributed by atoms with Crippen molar-refractivity contribution in [2.45, 2.75) is 20.0 Å². The van der Waals surface area contributed by atoms with Crippen LogP contribution in [0.3, 0.4) is 0 Å². The van der Waals surface area contributed by atoms with Crippen molar-refractivity contribution in [2.75, 3.05) is 7.05 Å². The number of hydrogen-bond donors (Lipinski definition) is 2. The molecule has 0 atom stereocenters. The fraction of sp³-hybridized carbons (Fsp3) is 0.200. The highest BCUT2D eigenvalue weighted by Crippen LogP contribution is 2.24. The maximum absolute atomic E-state index is 5.94. The molecular formula is C20H20BrN5O. The number of benzene rings is 1. The monoisotopic (exact) mass is 425 g/mol. The second-order valence-corrected chi connectivity index (χ2v) is 7.19. The van der Waals surface area contributed by atoms with Crippen molar-refractivity contribution in [3.63, 3.8) is 0 Å². The molecule has 4 rings (SSSR count). The number of nitrogens with zero attached hydrogens (tertiary/aromatic N) is 3. The van der Waals surface area contributed by atoms with E-state index in [9.17, 15) is 0 Å². The van der Waals surface area contributed by atoms with Crippen molar-refractivity contribution in [3.8, 4) is 0 Å². The highest BCUT2D eigenvalue weighted by atomic mass is 79.9. The first-order chi connectivity index (χ1) is 13.1. The van der Waals surface area contributed by atoms with E-state index in [0.717, 1.165) is 38.1 Å². The maximum atomic E-state index is 5.94. The molecule has 1 aromatic carbocycles. The normalized spacial score (nSPS) is 12.0. The van der Waals surface area contributed by atoms with Crippen LogP contribution in [0.2, 0.25) is 0 Å². The lowest BCUT2D eigenvalue weighted by molar-refractivity contribution is 0.534. The third-order valence-corrected chi connectivity index (χ3v) is 4.95. The molecule has 0 spiro atoms. The summed E-state index contributed by atoms with van der Waals surface area (Å²) in [4.78, 5) is 8.88. The molecule has 3 heterocycles. The number of rotatable bonds is 4. The lowest BCUT2D eigenvalue weighted by Gasteiger charge is -2.10. The molecule has 0 saturated carbocycles. The van der Waals surface area contributed by atoms with E-state index in [4.69, 9.17) is 4.42 Å². The molecule has 0 saturated heterocycles. The van der Waals surface area contributed by atoms with Crippen LogP contribution < -0.4 is 10.6 Å². The Morgan fingerprint density at radius 2 is 1.96 bits per heavy atom. The zero-order valence-corrected chi connectivity index (χ0v) is 16.7. The molecule has 0 aliphatic rings. The largest absolute Gasteiger partial charge is 0.459 e. The number of halogens is 1. The molecule has 0 bridgehead atoms. The molecule has 2 N–H and O–H groups in total. The number of hydrogen-bond acceptors (Lipinski definition) is 3. The van der Waals surface area contributed by atoms with Gasteiger partial charge >= 0.3 is 0 Å². The van der Waals surface area contributed by atoms with Gasteiger partial charge in [-0.1, -0.05) is 18.2 Å². The van der Waals surface area contributed by atoms with Crippen molar-refractivity contribution in [1.82, 2.24) is 20.0 Å². The van der Waals surface area contributed by atoms with Gasteiger partial charge in [0.2, 0.25) is 0 Å². The minimum Gasteiger partial charge on any atom is -0.459 e.